The molecular weight excluding hydrogens is 287 g/mol. The van der Waals surface area contributed by atoms with E-state index in [2.05, 4.69) is 9.97 Å². The normalized spacial score (nSPS) is 16.7. The number of hydrogen-bond donors (Lipinski definition) is 2. The van der Waals surface area contributed by atoms with Gasteiger partial charge in [-0.1, -0.05) is 12.1 Å². The summed E-state index contributed by atoms with van der Waals surface area (Å²) in [4.78, 5) is 19.7. The van der Waals surface area contributed by atoms with Crippen molar-refractivity contribution in [3.8, 4) is 11.4 Å². The van der Waals surface area contributed by atoms with E-state index in [0.717, 1.165) is 45.8 Å². The first-order valence-electron chi connectivity index (χ1n) is 6.85. The number of nitrogens with zero attached hydrogens (tertiary/aromatic N) is 1. The lowest BCUT2D eigenvalue weighted by Crippen LogP contribution is -2.27. The minimum Gasteiger partial charge on any atom is -0.423 e. The Hall–Kier alpha value is -1.57. The molecule has 3 heterocycles. The zero-order valence-electron chi connectivity index (χ0n) is 11.3. The third kappa shape index (κ3) is 2.21. The summed E-state index contributed by atoms with van der Waals surface area (Å²) in [5.74, 6) is 2.34. The van der Waals surface area contributed by atoms with E-state index in [0.29, 0.717) is 12.4 Å². The standard InChI is InChI=1S/C14H13BN2O3S/c18-14-10-7-21-4-3-12(10)16-13(17-14)8-1-2-11-9(5-8)6-20-15(11)19/h1-2,5,19H,3-4,6-7H2,(H,16,17,18). The summed E-state index contributed by atoms with van der Waals surface area (Å²) in [6.45, 7) is 0.385. The number of rotatable bonds is 1. The fraction of sp³-hybridized carbons (Fsp3) is 0.286. The summed E-state index contributed by atoms with van der Waals surface area (Å²) < 4.78 is 5.19. The number of aromatic amines is 1. The molecule has 106 valence electrons. The van der Waals surface area contributed by atoms with Gasteiger partial charge in [0.15, 0.2) is 0 Å². The smallest absolute Gasteiger partial charge is 0.423 e. The van der Waals surface area contributed by atoms with Gasteiger partial charge in [-0.25, -0.2) is 4.98 Å². The molecule has 2 N–H and O–H groups in total. The molecule has 0 atom stereocenters. The van der Waals surface area contributed by atoms with E-state index in [1.807, 2.05) is 18.2 Å². The Balaban J connectivity index is 1.81. The van der Waals surface area contributed by atoms with Crippen LogP contribution in [0.2, 0.25) is 0 Å². The van der Waals surface area contributed by atoms with E-state index in [1.54, 1.807) is 11.8 Å². The second-order valence-corrected chi connectivity index (χ2v) is 6.32. The highest BCUT2D eigenvalue weighted by molar-refractivity contribution is 7.98. The van der Waals surface area contributed by atoms with Crippen molar-refractivity contribution < 1.29 is 9.68 Å². The first-order chi connectivity index (χ1) is 10.2. The number of aryl methyl sites for hydroxylation is 1. The molecular formula is C14H13BN2O3S. The molecule has 0 unspecified atom stereocenters. The Kier molecular flexibility index (Phi) is 3.13. The molecule has 21 heavy (non-hydrogen) atoms. The lowest BCUT2D eigenvalue weighted by Gasteiger charge is -2.14. The molecule has 0 radical (unpaired) electrons. The lowest BCUT2D eigenvalue weighted by molar-refractivity contribution is 0.275. The molecule has 0 amide bonds. The summed E-state index contributed by atoms with van der Waals surface area (Å²) in [5.41, 5.74) is 4.24. The van der Waals surface area contributed by atoms with Crippen LogP contribution in [0.15, 0.2) is 23.0 Å². The van der Waals surface area contributed by atoms with Gasteiger partial charge in [0.2, 0.25) is 0 Å². The van der Waals surface area contributed by atoms with E-state index in [1.165, 1.54) is 0 Å². The molecule has 1 aromatic heterocycles. The van der Waals surface area contributed by atoms with Gasteiger partial charge in [0.05, 0.1) is 12.3 Å². The monoisotopic (exact) mass is 300 g/mol. The number of hydrogen-bond acceptors (Lipinski definition) is 5. The topological polar surface area (TPSA) is 75.2 Å². The van der Waals surface area contributed by atoms with Crippen LogP contribution >= 0.6 is 11.8 Å². The van der Waals surface area contributed by atoms with Gasteiger partial charge in [0, 0.05) is 16.9 Å². The quantitative estimate of drug-likeness (QED) is 0.748. The van der Waals surface area contributed by atoms with Crippen LogP contribution in [0.25, 0.3) is 11.4 Å². The average Bonchev–Trinajstić information content (AvgIpc) is 2.88. The third-order valence-corrected chi connectivity index (χ3v) is 4.90. The van der Waals surface area contributed by atoms with Crippen molar-refractivity contribution in [2.45, 2.75) is 18.8 Å². The van der Waals surface area contributed by atoms with Crippen LogP contribution in [0.5, 0.6) is 0 Å². The van der Waals surface area contributed by atoms with Crippen LogP contribution in [0.1, 0.15) is 16.8 Å². The Labute approximate surface area is 125 Å². The molecule has 1 aromatic carbocycles. The van der Waals surface area contributed by atoms with E-state index in [4.69, 9.17) is 4.65 Å². The number of H-pyrrole nitrogens is 1. The second kappa shape index (κ2) is 5.01. The zero-order valence-corrected chi connectivity index (χ0v) is 12.1. The molecule has 0 saturated heterocycles. The SMILES string of the molecule is O=c1[nH]c(-c2ccc3c(c2)COB3O)nc2c1CSCC2. The van der Waals surface area contributed by atoms with Crippen LogP contribution < -0.4 is 11.0 Å². The van der Waals surface area contributed by atoms with Crippen molar-refractivity contribution in [2.24, 2.45) is 0 Å². The molecule has 0 bridgehead atoms. The summed E-state index contributed by atoms with van der Waals surface area (Å²) in [5, 5.41) is 9.65. The predicted octanol–water partition coefficient (Wildman–Crippen LogP) is 0.444. The summed E-state index contributed by atoms with van der Waals surface area (Å²) >= 11 is 1.77. The Morgan fingerprint density at radius 3 is 3.24 bits per heavy atom. The molecule has 2 aliphatic rings. The molecule has 0 spiro atoms. The molecule has 0 fully saturated rings. The fourth-order valence-electron chi connectivity index (χ4n) is 2.76. The number of nitrogens with one attached hydrogen (secondary N) is 1. The van der Waals surface area contributed by atoms with E-state index in [9.17, 15) is 9.82 Å². The van der Waals surface area contributed by atoms with Gasteiger partial charge in [-0.15, -0.1) is 0 Å². The molecule has 4 rings (SSSR count). The zero-order chi connectivity index (χ0) is 14.4. The number of fused-ring (bicyclic) bond motifs is 2. The maximum atomic E-state index is 12.2. The van der Waals surface area contributed by atoms with Gasteiger partial charge in [0.25, 0.3) is 5.56 Å². The van der Waals surface area contributed by atoms with Crippen molar-refractivity contribution >= 4 is 24.3 Å². The Morgan fingerprint density at radius 2 is 2.33 bits per heavy atom. The molecule has 2 aliphatic heterocycles. The molecule has 5 nitrogen and oxygen atoms in total. The lowest BCUT2D eigenvalue weighted by atomic mass is 9.79. The molecule has 2 aromatic rings. The maximum Gasteiger partial charge on any atom is 0.491 e. The minimum atomic E-state index is -0.846. The average molecular weight is 300 g/mol. The molecule has 0 aliphatic carbocycles. The highest BCUT2D eigenvalue weighted by Crippen LogP contribution is 2.23. The van der Waals surface area contributed by atoms with Gasteiger partial charge >= 0.3 is 7.12 Å². The predicted molar refractivity (Wildman–Crippen MR) is 82.6 cm³/mol. The number of benzene rings is 1. The van der Waals surface area contributed by atoms with Crippen LogP contribution in [0.3, 0.4) is 0 Å². The van der Waals surface area contributed by atoms with Crippen molar-refractivity contribution in [1.29, 1.82) is 0 Å². The van der Waals surface area contributed by atoms with E-state index in [-0.39, 0.29) is 5.56 Å². The van der Waals surface area contributed by atoms with Crippen molar-refractivity contribution in [2.75, 3.05) is 5.75 Å². The molecule has 0 saturated carbocycles. The van der Waals surface area contributed by atoms with Gasteiger partial charge < -0.3 is 14.7 Å². The first kappa shape index (κ1) is 13.1. The van der Waals surface area contributed by atoms with Gasteiger partial charge in [-0.05, 0) is 29.3 Å². The highest BCUT2D eigenvalue weighted by Gasteiger charge is 2.27. The summed E-state index contributed by atoms with van der Waals surface area (Å²) in [7, 11) is -0.846. The summed E-state index contributed by atoms with van der Waals surface area (Å²) in [6, 6.07) is 5.62. The van der Waals surface area contributed by atoms with Crippen LogP contribution in [-0.2, 0) is 23.4 Å². The highest BCUT2D eigenvalue weighted by atomic mass is 32.2. The van der Waals surface area contributed by atoms with Crippen LogP contribution in [-0.4, -0.2) is 27.9 Å². The maximum absolute atomic E-state index is 12.2. The van der Waals surface area contributed by atoms with Crippen LogP contribution in [0.4, 0.5) is 0 Å². The first-order valence-corrected chi connectivity index (χ1v) is 8.00. The largest absolute Gasteiger partial charge is 0.491 e. The van der Waals surface area contributed by atoms with Crippen molar-refractivity contribution in [3.63, 3.8) is 0 Å². The minimum absolute atomic E-state index is 0.0426. The third-order valence-electron chi connectivity index (χ3n) is 3.91. The van der Waals surface area contributed by atoms with E-state index >= 15 is 0 Å². The molecule has 7 heteroatoms. The van der Waals surface area contributed by atoms with Crippen molar-refractivity contribution in [3.05, 3.63) is 45.4 Å². The van der Waals surface area contributed by atoms with Gasteiger partial charge in [-0.2, -0.15) is 11.8 Å². The second-order valence-electron chi connectivity index (χ2n) is 5.22. The fourth-order valence-corrected chi connectivity index (χ4v) is 3.74. The Bertz CT molecular complexity index is 777. The van der Waals surface area contributed by atoms with Gasteiger partial charge in [-0.3, -0.25) is 4.79 Å². The van der Waals surface area contributed by atoms with Gasteiger partial charge in [0.1, 0.15) is 5.82 Å². The van der Waals surface area contributed by atoms with E-state index < -0.39 is 7.12 Å². The van der Waals surface area contributed by atoms with Crippen LogP contribution in [0, 0.1) is 0 Å². The number of thioether (sulfide) groups is 1. The number of aromatic nitrogens is 2. The van der Waals surface area contributed by atoms with Crippen molar-refractivity contribution in [1.82, 2.24) is 9.97 Å². The Morgan fingerprint density at radius 1 is 1.43 bits per heavy atom. The summed E-state index contributed by atoms with van der Waals surface area (Å²) in [6.07, 6.45) is 0.837.